The monoisotopic (exact) mass is 331 g/mol. The third-order valence-corrected chi connectivity index (χ3v) is 4.35. The summed E-state index contributed by atoms with van der Waals surface area (Å²) in [6.07, 6.45) is 1.76. The molecule has 0 radical (unpaired) electrons. The average Bonchev–Trinajstić information content (AvgIpc) is 2.93. The molecule has 0 aliphatic rings. The van der Waals surface area contributed by atoms with Gasteiger partial charge in [0.15, 0.2) is 5.78 Å². The molecule has 1 N–H and O–H groups in total. The lowest BCUT2D eigenvalue weighted by atomic mass is 9.99. The number of aromatic amines is 1. The van der Waals surface area contributed by atoms with Gasteiger partial charge in [-0.25, -0.2) is 0 Å². The van der Waals surface area contributed by atoms with Gasteiger partial charge in [-0.1, -0.05) is 22.0 Å². The lowest BCUT2D eigenvalue weighted by Crippen LogP contribution is -2.03. The van der Waals surface area contributed by atoms with Crippen molar-refractivity contribution in [1.29, 1.82) is 0 Å². The molecule has 2 aromatic heterocycles. The van der Waals surface area contributed by atoms with Crippen molar-refractivity contribution in [3.05, 3.63) is 57.1 Å². The molecule has 0 aliphatic heterocycles. The number of fused-ring (bicyclic) bond motifs is 1. The maximum atomic E-state index is 12.8. The molecule has 4 heteroatoms. The molecule has 0 bridgehead atoms. The van der Waals surface area contributed by atoms with E-state index < -0.39 is 0 Å². The van der Waals surface area contributed by atoms with Crippen LogP contribution in [0.25, 0.3) is 10.9 Å². The number of rotatable bonds is 2. The summed E-state index contributed by atoms with van der Waals surface area (Å²) in [4.78, 5) is 16.0. The first kappa shape index (κ1) is 13.2. The van der Waals surface area contributed by atoms with Crippen molar-refractivity contribution < 1.29 is 9.21 Å². The fourth-order valence-corrected chi connectivity index (χ4v) is 3.16. The standard InChI is InChI=1S/C16H14BrNO2/c1-8-9(2)20-10(3)14(8)16(19)11-7-18-13-6-4-5-12(17)15(11)13/h4-7,18H,1-3H3. The van der Waals surface area contributed by atoms with E-state index in [0.717, 1.165) is 26.7 Å². The summed E-state index contributed by atoms with van der Waals surface area (Å²) < 4.78 is 6.48. The van der Waals surface area contributed by atoms with Crippen LogP contribution in [0.2, 0.25) is 0 Å². The smallest absolute Gasteiger partial charge is 0.198 e. The highest BCUT2D eigenvalue weighted by Gasteiger charge is 2.23. The number of hydrogen-bond acceptors (Lipinski definition) is 2. The Bertz CT molecular complexity index is 826. The molecular formula is C16H14BrNO2. The van der Waals surface area contributed by atoms with Gasteiger partial charge in [-0.3, -0.25) is 4.79 Å². The normalized spacial score (nSPS) is 11.2. The van der Waals surface area contributed by atoms with Gasteiger partial charge in [0.1, 0.15) is 11.5 Å². The van der Waals surface area contributed by atoms with Gasteiger partial charge in [0.25, 0.3) is 0 Å². The predicted molar refractivity (Wildman–Crippen MR) is 82.4 cm³/mol. The van der Waals surface area contributed by atoms with Gasteiger partial charge >= 0.3 is 0 Å². The van der Waals surface area contributed by atoms with E-state index >= 15 is 0 Å². The molecule has 0 atom stereocenters. The topological polar surface area (TPSA) is 46.0 Å². The lowest BCUT2D eigenvalue weighted by Gasteiger charge is -2.01. The van der Waals surface area contributed by atoms with Crippen LogP contribution in [-0.2, 0) is 0 Å². The van der Waals surface area contributed by atoms with Crippen LogP contribution in [0.15, 0.2) is 33.3 Å². The summed E-state index contributed by atoms with van der Waals surface area (Å²) in [6, 6.07) is 5.83. The molecule has 20 heavy (non-hydrogen) atoms. The van der Waals surface area contributed by atoms with Crippen LogP contribution < -0.4 is 0 Å². The minimum absolute atomic E-state index is 0.00463. The fourth-order valence-electron chi connectivity index (χ4n) is 2.58. The van der Waals surface area contributed by atoms with E-state index in [1.807, 2.05) is 39.0 Å². The van der Waals surface area contributed by atoms with Gasteiger partial charge in [-0.05, 0) is 32.9 Å². The highest BCUT2D eigenvalue weighted by atomic mass is 79.9. The number of ketones is 1. The van der Waals surface area contributed by atoms with Crippen molar-refractivity contribution in [3.63, 3.8) is 0 Å². The number of hydrogen-bond donors (Lipinski definition) is 1. The first-order valence-electron chi connectivity index (χ1n) is 6.37. The zero-order chi connectivity index (χ0) is 14.4. The maximum Gasteiger partial charge on any atom is 0.198 e. The van der Waals surface area contributed by atoms with E-state index in [2.05, 4.69) is 20.9 Å². The van der Waals surface area contributed by atoms with Crippen LogP contribution in [0, 0.1) is 20.8 Å². The number of H-pyrrole nitrogens is 1. The summed E-state index contributed by atoms with van der Waals surface area (Å²) >= 11 is 3.51. The van der Waals surface area contributed by atoms with E-state index in [1.54, 1.807) is 6.20 Å². The summed E-state index contributed by atoms with van der Waals surface area (Å²) in [5, 5.41) is 0.912. The molecular weight excluding hydrogens is 318 g/mol. The van der Waals surface area contributed by atoms with Gasteiger partial charge in [0.05, 0.1) is 5.56 Å². The molecule has 0 fully saturated rings. The molecule has 0 aliphatic carbocycles. The van der Waals surface area contributed by atoms with E-state index in [0.29, 0.717) is 16.9 Å². The van der Waals surface area contributed by atoms with Crippen molar-refractivity contribution in [2.45, 2.75) is 20.8 Å². The largest absolute Gasteiger partial charge is 0.466 e. The first-order valence-corrected chi connectivity index (χ1v) is 7.17. The highest BCUT2D eigenvalue weighted by Crippen LogP contribution is 2.31. The first-order chi connectivity index (χ1) is 9.50. The third kappa shape index (κ3) is 1.83. The Morgan fingerprint density at radius 3 is 2.60 bits per heavy atom. The van der Waals surface area contributed by atoms with Crippen LogP contribution in [0.5, 0.6) is 0 Å². The van der Waals surface area contributed by atoms with Crippen molar-refractivity contribution in [3.8, 4) is 0 Å². The Balaban J connectivity index is 2.23. The van der Waals surface area contributed by atoms with Crippen molar-refractivity contribution in [1.82, 2.24) is 4.98 Å². The molecule has 0 saturated heterocycles. The van der Waals surface area contributed by atoms with Crippen LogP contribution in [0.1, 0.15) is 33.0 Å². The molecule has 1 aromatic carbocycles. The number of aryl methyl sites for hydroxylation is 2. The van der Waals surface area contributed by atoms with Crippen LogP contribution in [-0.4, -0.2) is 10.8 Å². The second-order valence-electron chi connectivity index (χ2n) is 4.91. The fraction of sp³-hybridized carbons (Fsp3) is 0.188. The molecule has 0 saturated carbocycles. The number of benzene rings is 1. The Hall–Kier alpha value is -1.81. The Kier molecular flexibility index (Phi) is 3.05. The van der Waals surface area contributed by atoms with Crippen LogP contribution >= 0.6 is 15.9 Å². The number of nitrogens with one attached hydrogen (secondary N) is 1. The SMILES string of the molecule is Cc1oc(C)c(C(=O)c2c[nH]c3cccc(Br)c23)c1C. The van der Waals surface area contributed by atoms with Crippen molar-refractivity contribution >= 4 is 32.6 Å². The highest BCUT2D eigenvalue weighted by molar-refractivity contribution is 9.10. The molecule has 0 amide bonds. The zero-order valence-electron chi connectivity index (χ0n) is 11.5. The molecule has 0 unspecified atom stereocenters. The van der Waals surface area contributed by atoms with E-state index in [1.165, 1.54) is 0 Å². The number of halogens is 1. The van der Waals surface area contributed by atoms with Gasteiger partial charge in [-0.15, -0.1) is 0 Å². The molecule has 2 heterocycles. The van der Waals surface area contributed by atoms with Gasteiger partial charge < -0.3 is 9.40 Å². The number of aromatic nitrogens is 1. The van der Waals surface area contributed by atoms with Crippen LogP contribution in [0.4, 0.5) is 0 Å². The number of carbonyl (C=O) groups excluding carboxylic acids is 1. The summed E-state index contributed by atoms with van der Waals surface area (Å²) in [7, 11) is 0. The second-order valence-corrected chi connectivity index (χ2v) is 5.76. The lowest BCUT2D eigenvalue weighted by molar-refractivity contribution is 0.103. The summed E-state index contributed by atoms with van der Waals surface area (Å²) in [5.74, 6) is 1.46. The minimum atomic E-state index is -0.00463. The Labute approximate surface area is 125 Å². The predicted octanol–water partition coefficient (Wildman–Crippen LogP) is 4.68. The van der Waals surface area contributed by atoms with E-state index in [4.69, 9.17) is 4.42 Å². The second kappa shape index (κ2) is 4.63. The third-order valence-electron chi connectivity index (χ3n) is 3.69. The molecule has 102 valence electrons. The average molecular weight is 332 g/mol. The van der Waals surface area contributed by atoms with E-state index in [9.17, 15) is 4.79 Å². The molecule has 3 aromatic rings. The number of carbonyl (C=O) groups is 1. The molecule has 3 nitrogen and oxygen atoms in total. The van der Waals surface area contributed by atoms with Crippen molar-refractivity contribution in [2.75, 3.05) is 0 Å². The quantitative estimate of drug-likeness (QED) is 0.693. The Morgan fingerprint density at radius 2 is 1.95 bits per heavy atom. The van der Waals surface area contributed by atoms with E-state index in [-0.39, 0.29) is 5.78 Å². The van der Waals surface area contributed by atoms with Gasteiger partial charge in [0.2, 0.25) is 0 Å². The Morgan fingerprint density at radius 1 is 1.20 bits per heavy atom. The summed E-state index contributed by atoms with van der Waals surface area (Å²) in [5.41, 5.74) is 3.19. The molecule has 0 spiro atoms. The summed E-state index contributed by atoms with van der Waals surface area (Å²) in [6.45, 7) is 5.63. The number of furan rings is 1. The van der Waals surface area contributed by atoms with Gasteiger partial charge in [0, 0.05) is 32.7 Å². The molecule has 3 rings (SSSR count). The van der Waals surface area contributed by atoms with Gasteiger partial charge in [-0.2, -0.15) is 0 Å². The zero-order valence-corrected chi connectivity index (χ0v) is 13.1. The minimum Gasteiger partial charge on any atom is -0.466 e. The van der Waals surface area contributed by atoms with Crippen molar-refractivity contribution in [2.24, 2.45) is 0 Å². The maximum absolute atomic E-state index is 12.8. The van der Waals surface area contributed by atoms with Crippen LogP contribution in [0.3, 0.4) is 0 Å².